The van der Waals surface area contributed by atoms with Gasteiger partial charge in [0.15, 0.2) is 5.11 Å². The van der Waals surface area contributed by atoms with Gasteiger partial charge in [-0.15, -0.1) is 0 Å². The van der Waals surface area contributed by atoms with E-state index in [1.54, 1.807) is 18.2 Å². The van der Waals surface area contributed by atoms with Crippen molar-refractivity contribution in [3.05, 3.63) is 60.2 Å². The monoisotopic (exact) mass is 377 g/mol. The predicted molar refractivity (Wildman–Crippen MR) is 109 cm³/mol. The maximum Gasteiger partial charge on any atom is 0.231 e. The molecule has 7 heteroatoms. The summed E-state index contributed by atoms with van der Waals surface area (Å²) in [5, 5.41) is 6.92. The molecule has 0 aromatic heterocycles. The number of nitrogens with one attached hydrogen (secondary N) is 2. The van der Waals surface area contributed by atoms with Crippen LogP contribution in [0.3, 0.4) is 0 Å². The molecule has 0 aliphatic rings. The zero-order valence-electron chi connectivity index (χ0n) is 14.6. The van der Waals surface area contributed by atoms with E-state index in [4.69, 9.17) is 12.2 Å². The average molecular weight is 378 g/mol. The van der Waals surface area contributed by atoms with Gasteiger partial charge in [0.05, 0.1) is 18.0 Å². The molecule has 1 atom stereocenters. The molecule has 0 unspecified atom stereocenters. The summed E-state index contributed by atoms with van der Waals surface area (Å²) in [5.41, 5.74) is 2.47. The third-order valence-electron chi connectivity index (χ3n) is 3.88. The van der Waals surface area contributed by atoms with Crippen LogP contribution in [-0.4, -0.2) is 26.8 Å². The highest BCUT2D eigenvalue weighted by Gasteiger charge is 2.13. The first-order valence-electron chi connectivity index (χ1n) is 7.97. The van der Waals surface area contributed by atoms with E-state index < -0.39 is 10.0 Å². The smallest absolute Gasteiger partial charge is 0.231 e. The fourth-order valence-electron chi connectivity index (χ4n) is 2.40. The lowest BCUT2D eigenvalue weighted by Gasteiger charge is -2.21. The van der Waals surface area contributed by atoms with Crippen molar-refractivity contribution in [3.63, 3.8) is 0 Å². The molecule has 25 heavy (non-hydrogen) atoms. The Morgan fingerprint density at radius 1 is 1.16 bits per heavy atom. The Kier molecular flexibility index (Phi) is 6.39. The van der Waals surface area contributed by atoms with E-state index in [1.807, 2.05) is 24.3 Å². The van der Waals surface area contributed by atoms with Gasteiger partial charge >= 0.3 is 0 Å². The number of benzene rings is 2. The number of rotatable bonds is 6. The molecule has 0 bridgehead atoms. The van der Waals surface area contributed by atoms with Crippen molar-refractivity contribution < 1.29 is 8.42 Å². The SMILES string of the molecule is CC[C@H](NC(=S)Nc1cccc(N(C)S(C)(=O)=O)c1)c1ccccc1. The van der Waals surface area contributed by atoms with Gasteiger partial charge in [0.2, 0.25) is 10.0 Å². The fourth-order valence-corrected chi connectivity index (χ4v) is 3.16. The molecular weight excluding hydrogens is 354 g/mol. The van der Waals surface area contributed by atoms with Crippen molar-refractivity contribution in [1.29, 1.82) is 0 Å². The number of sulfonamides is 1. The minimum absolute atomic E-state index is 0.114. The number of anilines is 2. The summed E-state index contributed by atoms with van der Waals surface area (Å²) in [6.45, 7) is 2.09. The van der Waals surface area contributed by atoms with Gasteiger partial charge in [-0.3, -0.25) is 4.31 Å². The lowest BCUT2D eigenvalue weighted by molar-refractivity contribution is 0.600. The standard InChI is InChI=1S/C18H23N3O2S2/c1-4-17(14-9-6-5-7-10-14)20-18(24)19-15-11-8-12-16(13-15)21(2)25(3,22)23/h5-13,17H,4H2,1-3H3,(H2,19,20,24)/t17-/m0/s1. The molecule has 134 valence electrons. The van der Waals surface area contributed by atoms with E-state index in [0.717, 1.165) is 12.1 Å². The number of hydrogen-bond acceptors (Lipinski definition) is 3. The van der Waals surface area contributed by atoms with Gasteiger partial charge in [-0.2, -0.15) is 0 Å². The summed E-state index contributed by atoms with van der Waals surface area (Å²) >= 11 is 5.41. The summed E-state index contributed by atoms with van der Waals surface area (Å²) in [5.74, 6) is 0. The Balaban J connectivity index is 2.08. The lowest BCUT2D eigenvalue weighted by Crippen LogP contribution is -2.32. The number of hydrogen-bond donors (Lipinski definition) is 2. The molecule has 0 radical (unpaired) electrons. The normalized spacial score (nSPS) is 12.3. The molecule has 0 aliphatic heterocycles. The van der Waals surface area contributed by atoms with E-state index in [1.165, 1.54) is 23.2 Å². The van der Waals surface area contributed by atoms with E-state index in [2.05, 4.69) is 29.7 Å². The Morgan fingerprint density at radius 3 is 2.44 bits per heavy atom. The van der Waals surface area contributed by atoms with Gasteiger partial charge in [0.25, 0.3) is 0 Å². The van der Waals surface area contributed by atoms with Crippen molar-refractivity contribution in [2.45, 2.75) is 19.4 Å². The van der Waals surface area contributed by atoms with Crippen molar-refractivity contribution in [3.8, 4) is 0 Å². The zero-order valence-corrected chi connectivity index (χ0v) is 16.2. The minimum Gasteiger partial charge on any atom is -0.356 e. The van der Waals surface area contributed by atoms with Gasteiger partial charge in [0.1, 0.15) is 0 Å². The van der Waals surface area contributed by atoms with Crippen LogP contribution < -0.4 is 14.9 Å². The van der Waals surface area contributed by atoms with Gasteiger partial charge in [-0.05, 0) is 42.4 Å². The van der Waals surface area contributed by atoms with Crippen molar-refractivity contribution >= 4 is 38.7 Å². The van der Waals surface area contributed by atoms with Gasteiger partial charge in [-0.1, -0.05) is 43.3 Å². The number of nitrogens with zero attached hydrogens (tertiary/aromatic N) is 1. The third-order valence-corrected chi connectivity index (χ3v) is 5.31. The molecule has 0 aliphatic carbocycles. The summed E-state index contributed by atoms with van der Waals surface area (Å²) in [6, 6.07) is 17.3. The summed E-state index contributed by atoms with van der Waals surface area (Å²) < 4.78 is 24.6. The van der Waals surface area contributed by atoms with E-state index in [-0.39, 0.29) is 6.04 Å². The third kappa shape index (κ3) is 5.44. The highest BCUT2D eigenvalue weighted by molar-refractivity contribution is 7.92. The second kappa shape index (κ2) is 8.31. The fraction of sp³-hybridized carbons (Fsp3) is 0.278. The van der Waals surface area contributed by atoms with Crippen LogP contribution in [0.15, 0.2) is 54.6 Å². The highest BCUT2D eigenvalue weighted by Crippen LogP contribution is 2.21. The average Bonchev–Trinajstić information content (AvgIpc) is 2.59. The molecule has 0 heterocycles. The molecular formula is C18H23N3O2S2. The van der Waals surface area contributed by atoms with Gasteiger partial charge in [0, 0.05) is 12.7 Å². The van der Waals surface area contributed by atoms with Crippen LogP contribution in [0.5, 0.6) is 0 Å². The molecule has 2 aromatic carbocycles. The largest absolute Gasteiger partial charge is 0.356 e. The van der Waals surface area contributed by atoms with Crippen LogP contribution in [0, 0.1) is 0 Å². The number of thiocarbonyl (C=S) groups is 1. The Hall–Kier alpha value is -2.12. The van der Waals surface area contributed by atoms with Crippen LogP contribution in [-0.2, 0) is 10.0 Å². The predicted octanol–water partition coefficient (Wildman–Crippen LogP) is 3.52. The highest BCUT2D eigenvalue weighted by atomic mass is 32.2. The first kappa shape index (κ1) is 19.2. The van der Waals surface area contributed by atoms with E-state index in [9.17, 15) is 8.42 Å². The molecule has 2 rings (SSSR count). The quantitative estimate of drug-likeness (QED) is 0.754. The van der Waals surface area contributed by atoms with Gasteiger partial charge in [-0.25, -0.2) is 8.42 Å². The van der Waals surface area contributed by atoms with Crippen LogP contribution in [0.25, 0.3) is 0 Å². The second-order valence-electron chi connectivity index (χ2n) is 5.75. The summed E-state index contributed by atoms with van der Waals surface area (Å²) in [4.78, 5) is 0. The van der Waals surface area contributed by atoms with Crippen LogP contribution in [0.1, 0.15) is 24.9 Å². The minimum atomic E-state index is -3.30. The van der Waals surface area contributed by atoms with Crippen molar-refractivity contribution in [2.24, 2.45) is 0 Å². The molecule has 0 amide bonds. The molecule has 2 N–H and O–H groups in total. The molecule has 5 nitrogen and oxygen atoms in total. The van der Waals surface area contributed by atoms with Crippen LogP contribution in [0.4, 0.5) is 11.4 Å². The maximum atomic E-state index is 11.7. The Morgan fingerprint density at radius 2 is 1.84 bits per heavy atom. The molecule has 0 fully saturated rings. The molecule has 0 spiro atoms. The second-order valence-corrected chi connectivity index (χ2v) is 8.17. The molecule has 0 saturated heterocycles. The summed E-state index contributed by atoms with van der Waals surface area (Å²) in [7, 11) is -1.78. The van der Waals surface area contributed by atoms with Gasteiger partial charge < -0.3 is 10.6 Å². The molecule has 2 aromatic rings. The summed E-state index contributed by atoms with van der Waals surface area (Å²) in [6.07, 6.45) is 2.06. The van der Waals surface area contributed by atoms with E-state index in [0.29, 0.717) is 10.8 Å². The van der Waals surface area contributed by atoms with Crippen molar-refractivity contribution in [2.75, 3.05) is 22.9 Å². The topological polar surface area (TPSA) is 61.4 Å². The zero-order chi connectivity index (χ0) is 18.4. The maximum absolute atomic E-state index is 11.7. The molecule has 0 saturated carbocycles. The first-order valence-corrected chi connectivity index (χ1v) is 10.2. The van der Waals surface area contributed by atoms with Crippen LogP contribution >= 0.6 is 12.2 Å². The lowest BCUT2D eigenvalue weighted by atomic mass is 10.1. The van der Waals surface area contributed by atoms with Crippen LogP contribution in [0.2, 0.25) is 0 Å². The van der Waals surface area contributed by atoms with Crippen molar-refractivity contribution in [1.82, 2.24) is 5.32 Å². The Bertz CT molecular complexity index is 823. The van der Waals surface area contributed by atoms with E-state index >= 15 is 0 Å². The Labute approximate surface area is 155 Å². The first-order chi connectivity index (χ1) is 11.8.